The van der Waals surface area contributed by atoms with Gasteiger partial charge >= 0.3 is 0 Å². The van der Waals surface area contributed by atoms with Gasteiger partial charge in [-0.25, -0.2) is 0 Å². The Labute approximate surface area is 80.0 Å². The third-order valence-electron chi connectivity index (χ3n) is 1.77. The zero-order valence-corrected chi connectivity index (χ0v) is 8.79. The van der Waals surface area contributed by atoms with Crippen LogP contribution < -0.4 is 0 Å². The predicted molar refractivity (Wildman–Crippen MR) is 54.7 cm³/mol. The second-order valence-corrected chi connectivity index (χ2v) is 2.96. The normalized spacial score (nSPS) is 8.62. The van der Waals surface area contributed by atoms with Crippen molar-refractivity contribution in [2.45, 2.75) is 34.1 Å². The summed E-state index contributed by atoms with van der Waals surface area (Å²) in [7, 11) is 0. The highest BCUT2D eigenvalue weighted by atomic mass is 16.1. The molecule has 1 heterocycles. The van der Waals surface area contributed by atoms with E-state index in [-0.39, 0.29) is 5.78 Å². The van der Waals surface area contributed by atoms with Crippen LogP contribution in [-0.2, 0) is 4.79 Å². The van der Waals surface area contributed by atoms with Gasteiger partial charge in [0.15, 0.2) is 0 Å². The Hall–Kier alpha value is -1.18. The van der Waals surface area contributed by atoms with Crippen molar-refractivity contribution in [3.05, 3.63) is 29.6 Å². The first kappa shape index (κ1) is 11.8. The summed E-state index contributed by atoms with van der Waals surface area (Å²) in [6.45, 7) is 7.50. The maximum Gasteiger partial charge on any atom is 0.129 e. The molecule has 0 aliphatic carbocycles. The maximum atomic E-state index is 9.81. The highest BCUT2D eigenvalue weighted by Gasteiger charge is 1.85. The number of nitrogens with zero attached hydrogens (tertiary/aromatic N) is 1. The van der Waals surface area contributed by atoms with Gasteiger partial charge in [-0.2, -0.15) is 0 Å². The van der Waals surface area contributed by atoms with Crippen LogP contribution in [0.1, 0.15) is 31.5 Å². The monoisotopic (exact) mass is 179 g/mol. The van der Waals surface area contributed by atoms with Crippen LogP contribution in [0.3, 0.4) is 0 Å². The molecular weight excluding hydrogens is 162 g/mol. The summed E-state index contributed by atoms with van der Waals surface area (Å²) < 4.78 is 0. The zero-order chi connectivity index (χ0) is 10.3. The van der Waals surface area contributed by atoms with Gasteiger partial charge in [0.25, 0.3) is 0 Å². The van der Waals surface area contributed by atoms with Gasteiger partial charge in [0.1, 0.15) is 5.78 Å². The summed E-state index contributed by atoms with van der Waals surface area (Å²) in [6, 6.07) is 4.00. The molecule has 1 aromatic heterocycles. The lowest BCUT2D eigenvalue weighted by atomic mass is 10.2. The van der Waals surface area contributed by atoms with Crippen LogP contribution in [-0.4, -0.2) is 10.8 Å². The van der Waals surface area contributed by atoms with Crippen LogP contribution in [0.4, 0.5) is 0 Å². The van der Waals surface area contributed by atoms with E-state index >= 15 is 0 Å². The predicted octanol–water partition coefficient (Wildman–Crippen LogP) is 2.68. The average molecular weight is 179 g/mol. The Morgan fingerprint density at radius 2 is 2.00 bits per heavy atom. The molecule has 0 aliphatic rings. The minimum Gasteiger partial charge on any atom is -0.300 e. The molecule has 0 saturated carbocycles. The number of rotatable bonds is 1. The van der Waals surface area contributed by atoms with Crippen LogP contribution in [0, 0.1) is 13.8 Å². The average Bonchev–Trinajstić information content (AvgIpc) is 2.11. The van der Waals surface area contributed by atoms with Crippen molar-refractivity contribution >= 4 is 5.78 Å². The van der Waals surface area contributed by atoms with Gasteiger partial charge in [0.2, 0.25) is 0 Å². The molecule has 72 valence electrons. The van der Waals surface area contributed by atoms with Crippen molar-refractivity contribution in [2.24, 2.45) is 0 Å². The van der Waals surface area contributed by atoms with E-state index < -0.39 is 0 Å². The molecule has 2 nitrogen and oxygen atoms in total. The summed E-state index contributed by atoms with van der Waals surface area (Å²) in [5.74, 6) is 0.255. The van der Waals surface area contributed by atoms with Crippen LogP contribution in [0.25, 0.3) is 0 Å². The Morgan fingerprint density at radius 1 is 1.46 bits per heavy atom. The van der Waals surface area contributed by atoms with Gasteiger partial charge in [-0.1, -0.05) is 13.0 Å². The lowest BCUT2D eigenvalue weighted by molar-refractivity contribution is -0.116. The first-order chi connectivity index (χ1) is 6.07. The molecule has 0 radical (unpaired) electrons. The molecular formula is C11H17NO. The summed E-state index contributed by atoms with van der Waals surface area (Å²) in [6.07, 6.45) is 2.47. The highest BCUT2D eigenvalue weighted by Crippen LogP contribution is 1.98. The number of Topliss-reactive ketones (excluding diaryl/α,β-unsaturated/α-hetero) is 1. The molecule has 0 N–H and O–H groups in total. The molecule has 0 spiro atoms. The lowest BCUT2D eigenvalue weighted by Crippen LogP contribution is -1.81. The zero-order valence-electron chi connectivity index (χ0n) is 8.79. The first-order valence-electron chi connectivity index (χ1n) is 4.45. The molecule has 1 rings (SSSR count). The number of aromatic nitrogens is 1. The number of ketones is 1. The van der Waals surface area contributed by atoms with Crippen LogP contribution in [0.5, 0.6) is 0 Å². The minimum absolute atomic E-state index is 0.255. The molecule has 2 heteroatoms. The van der Waals surface area contributed by atoms with Crippen LogP contribution >= 0.6 is 0 Å². The van der Waals surface area contributed by atoms with Gasteiger partial charge in [-0.05, 0) is 32.4 Å². The van der Waals surface area contributed by atoms with Crippen molar-refractivity contribution in [1.82, 2.24) is 4.98 Å². The number of pyridine rings is 1. The number of hydrogen-bond donors (Lipinski definition) is 0. The van der Waals surface area contributed by atoms with E-state index in [9.17, 15) is 4.79 Å². The molecule has 0 unspecified atom stereocenters. The van der Waals surface area contributed by atoms with Gasteiger partial charge in [0, 0.05) is 18.3 Å². The van der Waals surface area contributed by atoms with Crippen LogP contribution in [0.2, 0.25) is 0 Å². The molecule has 0 fully saturated rings. The number of carbonyl (C=O) groups is 1. The summed E-state index contributed by atoms with van der Waals surface area (Å²) in [5.41, 5.74) is 2.38. The molecule has 0 amide bonds. The van der Waals surface area contributed by atoms with E-state index in [0.29, 0.717) is 6.42 Å². The van der Waals surface area contributed by atoms with E-state index in [1.54, 1.807) is 6.92 Å². The van der Waals surface area contributed by atoms with Crippen LogP contribution in [0.15, 0.2) is 18.3 Å². The van der Waals surface area contributed by atoms with E-state index in [0.717, 1.165) is 5.69 Å². The van der Waals surface area contributed by atoms with Gasteiger partial charge < -0.3 is 4.79 Å². The summed E-state index contributed by atoms with van der Waals surface area (Å²) in [5, 5.41) is 0. The first-order valence-corrected chi connectivity index (χ1v) is 4.45. The van der Waals surface area contributed by atoms with Crippen molar-refractivity contribution < 1.29 is 4.79 Å². The van der Waals surface area contributed by atoms with Crippen molar-refractivity contribution in [3.63, 3.8) is 0 Å². The van der Waals surface area contributed by atoms with E-state index in [1.807, 2.05) is 26.1 Å². The largest absolute Gasteiger partial charge is 0.300 e. The second-order valence-electron chi connectivity index (χ2n) is 2.96. The quantitative estimate of drug-likeness (QED) is 0.663. The smallest absolute Gasteiger partial charge is 0.129 e. The third-order valence-corrected chi connectivity index (χ3v) is 1.77. The summed E-state index contributed by atoms with van der Waals surface area (Å²) in [4.78, 5) is 13.9. The molecule has 0 bridgehead atoms. The van der Waals surface area contributed by atoms with Crippen molar-refractivity contribution in [2.75, 3.05) is 0 Å². The Bertz CT molecular complexity index is 248. The minimum atomic E-state index is 0.255. The highest BCUT2D eigenvalue weighted by molar-refractivity contribution is 5.74. The molecule has 0 aliphatic heterocycles. The second kappa shape index (κ2) is 6.35. The van der Waals surface area contributed by atoms with Gasteiger partial charge in [-0.3, -0.25) is 4.98 Å². The molecule has 0 saturated heterocycles. The standard InChI is InChI=1S/C7H9N.C4H8O/c1-6-4-3-5-8-7(6)2;1-3-4(2)5/h3-5H,1-2H3;3H2,1-2H3. The SMILES string of the molecule is CCC(C)=O.Cc1cccnc1C. The fourth-order valence-electron chi connectivity index (χ4n) is 0.565. The molecule has 0 aromatic carbocycles. The van der Waals surface area contributed by atoms with Crippen molar-refractivity contribution in [1.29, 1.82) is 0 Å². The third kappa shape index (κ3) is 6.02. The molecule has 13 heavy (non-hydrogen) atoms. The van der Waals surface area contributed by atoms with Crippen molar-refractivity contribution in [3.8, 4) is 0 Å². The maximum absolute atomic E-state index is 9.81. The fourth-order valence-corrected chi connectivity index (χ4v) is 0.565. The Kier molecular flexibility index (Phi) is 5.77. The topological polar surface area (TPSA) is 30.0 Å². The Balaban J connectivity index is 0.000000252. The van der Waals surface area contributed by atoms with Gasteiger partial charge in [-0.15, -0.1) is 0 Å². The van der Waals surface area contributed by atoms with Gasteiger partial charge in [0.05, 0.1) is 0 Å². The van der Waals surface area contributed by atoms with E-state index in [1.165, 1.54) is 5.56 Å². The number of carbonyl (C=O) groups excluding carboxylic acids is 1. The van der Waals surface area contributed by atoms with E-state index in [2.05, 4.69) is 18.0 Å². The summed E-state index contributed by atoms with van der Waals surface area (Å²) >= 11 is 0. The lowest BCUT2D eigenvalue weighted by Gasteiger charge is -1.92. The number of aryl methyl sites for hydroxylation is 2. The Morgan fingerprint density at radius 3 is 2.23 bits per heavy atom. The number of hydrogen-bond acceptors (Lipinski definition) is 2. The molecule has 1 aromatic rings. The fraction of sp³-hybridized carbons (Fsp3) is 0.455. The van der Waals surface area contributed by atoms with E-state index in [4.69, 9.17) is 0 Å². The molecule has 0 atom stereocenters.